The number of carbonyl (C=O) groups is 1. The first kappa shape index (κ1) is 15.3. The second kappa shape index (κ2) is 6.12. The van der Waals surface area contributed by atoms with Crippen molar-refractivity contribution in [1.82, 2.24) is 4.98 Å². The fourth-order valence-electron chi connectivity index (χ4n) is 2.13. The average Bonchev–Trinajstić information content (AvgIpc) is 2.45. The largest absolute Gasteiger partial charge is 0.490 e. The lowest BCUT2D eigenvalue weighted by Gasteiger charge is -2.15. The van der Waals surface area contributed by atoms with E-state index in [1.807, 2.05) is 26.0 Å². The molecule has 112 valence electrons. The molecule has 0 aliphatic carbocycles. The Bertz CT molecular complexity index is 662. The number of ether oxygens (including phenoxy) is 2. The Morgan fingerprint density at radius 3 is 2.43 bits per heavy atom. The van der Waals surface area contributed by atoms with Crippen LogP contribution in [0.1, 0.15) is 49.7 Å². The molecule has 1 heterocycles. The van der Waals surface area contributed by atoms with Gasteiger partial charge in [-0.1, -0.05) is 19.9 Å². The molecule has 0 aliphatic rings. The molecule has 2 aromatic rings. The van der Waals surface area contributed by atoms with Crippen molar-refractivity contribution in [2.24, 2.45) is 0 Å². The Labute approximate surface area is 125 Å². The van der Waals surface area contributed by atoms with Gasteiger partial charge in [-0.25, -0.2) is 9.78 Å². The quantitative estimate of drug-likeness (QED) is 0.799. The highest BCUT2D eigenvalue weighted by Crippen LogP contribution is 2.29. The minimum absolute atomic E-state index is 0.0174. The molecule has 0 saturated carbocycles. The normalized spacial score (nSPS) is 11.2. The predicted molar refractivity (Wildman–Crippen MR) is 82.9 cm³/mol. The fourth-order valence-corrected chi connectivity index (χ4v) is 2.13. The summed E-state index contributed by atoms with van der Waals surface area (Å²) in [5.74, 6) is 0.623. The topological polar surface area (TPSA) is 48.4 Å². The van der Waals surface area contributed by atoms with Crippen LogP contribution in [0.2, 0.25) is 0 Å². The van der Waals surface area contributed by atoms with Gasteiger partial charge >= 0.3 is 5.97 Å². The summed E-state index contributed by atoms with van der Waals surface area (Å²) in [4.78, 5) is 16.1. The third-order valence-electron chi connectivity index (χ3n) is 3.22. The Morgan fingerprint density at radius 1 is 1.14 bits per heavy atom. The van der Waals surface area contributed by atoms with Gasteiger partial charge in [0.2, 0.25) is 0 Å². The van der Waals surface area contributed by atoms with E-state index in [2.05, 4.69) is 24.9 Å². The number of hydrogen-bond acceptors (Lipinski definition) is 4. The second-order valence-electron chi connectivity index (χ2n) is 5.60. The van der Waals surface area contributed by atoms with Gasteiger partial charge in [-0.2, -0.15) is 0 Å². The minimum atomic E-state index is -0.460. The van der Waals surface area contributed by atoms with E-state index in [0.717, 1.165) is 10.9 Å². The molecule has 1 aromatic heterocycles. The molecular formula is C17H21NO3. The van der Waals surface area contributed by atoms with Crippen molar-refractivity contribution in [2.45, 2.75) is 39.7 Å². The van der Waals surface area contributed by atoms with Crippen LogP contribution in [0.15, 0.2) is 24.3 Å². The Balaban J connectivity index is 2.65. The lowest BCUT2D eigenvalue weighted by Crippen LogP contribution is -2.09. The number of pyridine rings is 1. The van der Waals surface area contributed by atoms with Crippen molar-refractivity contribution in [2.75, 3.05) is 7.11 Å². The maximum atomic E-state index is 11.7. The van der Waals surface area contributed by atoms with Crippen LogP contribution in [0.3, 0.4) is 0 Å². The molecule has 2 rings (SSSR count). The first-order valence-corrected chi connectivity index (χ1v) is 7.12. The van der Waals surface area contributed by atoms with Gasteiger partial charge in [0.1, 0.15) is 5.75 Å². The number of hydrogen-bond donors (Lipinski definition) is 0. The molecule has 0 fully saturated rings. The fraction of sp³-hybridized carbons (Fsp3) is 0.412. The van der Waals surface area contributed by atoms with E-state index in [0.29, 0.717) is 11.7 Å². The van der Waals surface area contributed by atoms with Gasteiger partial charge < -0.3 is 9.47 Å². The molecule has 1 aromatic carbocycles. The van der Waals surface area contributed by atoms with Crippen LogP contribution < -0.4 is 4.74 Å². The van der Waals surface area contributed by atoms with E-state index in [4.69, 9.17) is 9.47 Å². The summed E-state index contributed by atoms with van der Waals surface area (Å²) in [5, 5.41) is 0.919. The average molecular weight is 287 g/mol. The highest BCUT2D eigenvalue weighted by molar-refractivity contribution is 5.94. The first-order valence-electron chi connectivity index (χ1n) is 7.12. The van der Waals surface area contributed by atoms with Gasteiger partial charge in [0.05, 0.1) is 18.7 Å². The Kier molecular flexibility index (Phi) is 4.46. The third-order valence-corrected chi connectivity index (χ3v) is 3.22. The van der Waals surface area contributed by atoms with Gasteiger partial charge in [-0.05, 0) is 37.5 Å². The van der Waals surface area contributed by atoms with Crippen LogP contribution in [-0.4, -0.2) is 24.2 Å². The molecule has 0 unspecified atom stereocenters. The van der Waals surface area contributed by atoms with Gasteiger partial charge in [-0.3, -0.25) is 0 Å². The minimum Gasteiger partial charge on any atom is -0.490 e. The summed E-state index contributed by atoms with van der Waals surface area (Å²) in [7, 11) is 1.35. The highest BCUT2D eigenvalue weighted by Gasteiger charge is 2.15. The zero-order valence-corrected chi connectivity index (χ0v) is 13.1. The van der Waals surface area contributed by atoms with Crippen LogP contribution in [0, 0.1) is 0 Å². The van der Waals surface area contributed by atoms with E-state index in [-0.39, 0.29) is 11.8 Å². The molecule has 0 radical (unpaired) electrons. The van der Waals surface area contributed by atoms with Crippen molar-refractivity contribution < 1.29 is 14.3 Å². The monoisotopic (exact) mass is 287 g/mol. The van der Waals surface area contributed by atoms with Crippen molar-refractivity contribution >= 4 is 16.9 Å². The molecule has 0 aliphatic heterocycles. The maximum Gasteiger partial charge on any atom is 0.356 e. The molecule has 0 amide bonds. The number of rotatable bonds is 4. The summed E-state index contributed by atoms with van der Waals surface area (Å²) in [6.07, 6.45) is 0.0174. The van der Waals surface area contributed by atoms with E-state index < -0.39 is 5.97 Å². The van der Waals surface area contributed by atoms with Crippen LogP contribution in [0.5, 0.6) is 5.75 Å². The number of carbonyl (C=O) groups excluding carboxylic acids is 1. The molecule has 0 saturated heterocycles. The molecule has 0 N–H and O–H groups in total. The zero-order chi connectivity index (χ0) is 15.6. The van der Waals surface area contributed by atoms with Gasteiger partial charge in [0, 0.05) is 11.5 Å². The lowest BCUT2D eigenvalue weighted by molar-refractivity contribution is 0.0593. The summed E-state index contributed by atoms with van der Waals surface area (Å²) in [6, 6.07) is 7.68. The molecule has 0 spiro atoms. The van der Waals surface area contributed by atoms with Crippen LogP contribution in [0.25, 0.3) is 10.9 Å². The summed E-state index contributed by atoms with van der Waals surface area (Å²) < 4.78 is 10.6. The highest BCUT2D eigenvalue weighted by atomic mass is 16.5. The third kappa shape index (κ3) is 3.32. The number of aromatic nitrogens is 1. The van der Waals surface area contributed by atoms with Gasteiger partial charge in [0.25, 0.3) is 0 Å². The predicted octanol–water partition coefficient (Wildman–Crippen LogP) is 3.93. The van der Waals surface area contributed by atoms with Crippen molar-refractivity contribution in [3.05, 3.63) is 35.5 Å². The number of fused-ring (bicyclic) bond motifs is 1. The number of esters is 1. The van der Waals surface area contributed by atoms with E-state index in [1.165, 1.54) is 12.7 Å². The van der Waals surface area contributed by atoms with Crippen molar-refractivity contribution in [3.63, 3.8) is 0 Å². The standard InChI is InChI=1S/C17H21NO3/c1-10(2)12-6-7-14-13(8-12)16(21-11(3)4)9-15(18-14)17(19)20-5/h6-11H,1-5H3. The van der Waals surface area contributed by atoms with Crippen LogP contribution >= 0.6 is 0 Å². The smallest absolute Gasteiger partial charge is 0.356 e. The molecule has 4 heteroatoms. The van der Waals surface area contributed by atoms with E-state index in [9.17, 15) is 4.79 Å². The van der Waals surface area contributed by atoms with Crippen LogP contribution in [-0.2, 0) is 4.74 Å². The van der Waals surface area contributed by atoms with Crippen LogP contribution in [0.4, 0.5) is 0 Å². The van der Waals surface area contributed by atoms with Crippen molar-refractivity contribution in [3.8, 4) is 5.75 Å². The van der Waals surface area contributed by atoms with Crippen molar-refractivity contribution in [1.29, 1.82) is 0 Å². The maximum absolute atomic E-state index is 11.7. The Morgan fingerprint density at radius 2 is 1.86 bits per heavy atom. The number of methoxy groups -OCH3 is 1. The van der Waals surface area contributed by atoms with Gasteiger partial charge in [0.15, 0.2) is 5.69 Å². The summed E-state index contributed by atoms with van der Waals surface area (Å²) in [5.41, 5.74) is 2.21. The van der Waals surface area contributed by atoms with E-state index in [1.54, 1.807) is 6.07 Å². The molecule has 21 heavy (non-hydrogen) atoms. The first-order chi connectivity index (χ1) is 9.92. The van der Waals surface area contributed by atoms with E-state index >= 15 is 0 Å². The SMILES string of the molecule is COC(=O)c1cc(OC(C)C)c2cc(C(C)C)ccc2n1. The molecule has 0 bridgehead atoms. The summed E-state index contributed by atoms with van der Waals surface area (Å²) in [6.45, 7) is 8.19. The molecule has 0 atom stereocenters. The molecular weight excluding hydrogens is 266 g/mol. The van der Waals surface area contributed by atoms with Gasteiger partial charge in [-0.15, -0.1) is 0 Å². The second-order valence-corrected chi connectivity index (χ2v) is 5.60. The number of nitrogens with zero attached hydrogens (tertiary/aromatic N) is 1. The Hall–Kier alpha value is -2.10. The summed E-state index contributed by atoms with van der Waals surface area (Å²) >= 11 is 0. The number of benzene rings is 1. The lowest BCUT2D eigenvalue weighted by atomic mass is 10.0. The molecule has 4 nitrogen and oxygen atoms in total. The zero-order valence-electron chi connectivity index (χ0n) is 13.1.